The normalized spacial score (nSPS) is 16.4. The van der Waals surface area contributed by atoms with E-state index in [1.807, 2.05) is 12.4 Å². The molecule has 3 rings (SSSR count). The second kappa shape index (κ2) is 3.65. The smallest absolute Gasteiger partial charge is 0.139 e. The molecule has 17 heavy (non-hydrogen) atoms. The van der Waals surface area contributed by atoms with Gasteiger partial charge < -0.3 is 15.2 Å². The number of hydrogen-bond donors (Lipinski definition) is 2. The van der Waals surface area contributed by atoms with E-state index >= 15 is 0 Å². The van der Waals surface area contributed by atoms with Crippen molar-refractivity contribution < 1.29 is 0 Å². The largest absolute Gasteiger partial charge is 0.365 e. The van der Waals surface area contributed by atoms with Gasteiger partial charge in [0.25, 0.3) is 0 Å². The van der Waals surface area contributed by atoms with Crippen LogP contribution in [-0.2, 0) is 0 Å². The van der Waals surface area contributed by atoms with Crippen LogP contribution < -0.4 is 10.2 Å². The van der Waals surface area contributed by atoms with Crippen molar-refractivity contribution in [3.05, 3.63) is 18.5 Å². The first-order chi connectivity index (χ1) is 8.18. The van der Waals surface area contributed by atoms with E-state index in [1.54, 1.807) is 0 Å². The highest BCUT2D eigenvalue weighted by Gasteiger charge is 2.27. The number of H-pyrrole nitrogens is 1. The summed E-state index contributed by atoms with van der Waals surface area (Å²) >= 11 is 0. The van der Waals surface area contributed by atoms with Crippen molar-refractivity contribution in [2.24, 2.45) is 5.92 Å². The van der Waals surface area contributed by atoms with Crippen molar-refractivity contribution >= 4 is 22.4 Å². The lowest BCUT2D eigenvalue weighted by Crippen LogP contribution is -2.36. The van der Waals surface area contributed by atoms with Gasteiger partial charge in [-0.05, 0) is 18.9 Å². The van der Waals surface area contributed by atoms with Crippen LogP contribution in [0.1, 0.15) is 20.8 Å². The zero-order chi connectivity index (χ0) is 12.0. The van der Waals surface area contributed by atoms with Crippen LogP contribution in [0.2, 0.25) is 0 Å². The molecule has 0 aromatic carbocycles. The fraction of sp³-hybridized carbons (Fsp3) is 0.462. The van der Waals surface area contributed by atoms with Crippen molar-refractivity contribution in [1.29, 1.82) is 0 Å². The summed E-state index contributed by atoms with van der Waals surface area (Å²) in [6.45, 7) is 7.68. The Morgan fingerprint density at radius 3 is 2.94 bits per heavy atom. The number of nitrogens with one attached hydrogen (secondary N) is 2. The van der Waals surface area contributed by atoms with Crippen molar-refractivity contribution in [2.75, 3.05) is 16.9 Å². The van der Waals surface area contributed by atoms with Gasteiger partial charge in [-0.3, -0.25) is 0 Å². The van der Waals surface area contributed by atoms with E-state index in [-0.39, 0.29) is 0 Å². The number of aromatic nitrogens is 2. The Hall–Kier alpha value is -1.71. The molecule has 2 N–H and O–H groups in total. The maximum atomic E-state index is 4.41. The average Bonchev–Trinajstić information content (AvgIpc) is 2.92. The highest BCUT2D eigenvalue weighted by molar-refractivity contribution is 5.98. The summed E-state index contributed by atoms with van der Waals surface area (Å²) in [6, 6.07) is 2.62. The Bertz CT molecular complexity index is 543. The predicted octanol–water partition coefficient (Wildman–Crippen LogP) is 2.80. The lowest BCUT2D eigenvalue weighted by molar-refractivity contribution is 0.498. The number of rotatable bonds is 2. The summed E-state index contributed by atoms with van der Waals surface area (Å²) in [5.74, 6) is 0.630. The molecule has 1 aliphatic rings. The average molecular weight is 230 g/mol. The van der Waals surface area contributed by atoms with Crippen molar-refractivity contribution in [3.63, 3.8) is 0 Å². The van der Waals surface area contributed by atoms with E-state index in [9.17, 15) is 0 Å². The highest BCUT2D eigenvalue weighted by atomic mass is 15.3. The van der Waals surface area contributed by atoms with E-state index < -0.39 is 0 Å². The number of hydrogen-bond acceptors (Lipinski definition) is 3. The van der Waals surface area contributed by atoms with Crippen LogP contribution in [0.5, 0.6) is 0 Å². The number of anilines is 2. The highest BCUT2D eigenvalue weighted by Crippen LogP contribution is 2.38. The van der Waals surface area contributed by atoms with Crippen molar-refractivity contribution in [2.45, 2.75) is 26.8 Å². The predicted molar refractivity (Wildman–Crippen MR) is 71.4 cm³/mol. The van der Waals surface area contributed by atoms with Gasteiger partial charge in [-0.15, -0.1) is 0 Å². The standard InChI is InChI=1S/C13H18N4/c1-8(2)9(3)17-7-16-11-6-15-13-10(12(11)17)4-5-14-13/h4-6,8-9,16H,7H2,1-3H3,(H,14,15)/t9-/m0/s1. The third kappa shape index (κ3) is 1.47. The molecule has 0 radical (unpaired) electrons. The number of fused-ring (bicyclic) bond motifs is 3. The van der Waals surface area contributed by atoms with Gasteiger partial charge in [0.05, 0.1) is 24.2 Å². The molecule has 0 saturated carbocycles. The summed E-state index contributed by atoms with van der Waals surface area (Å²) in [6.07, 6.45) is 3.87. The second-order valence-electron chi connectivity index (χ2n) is 5.05. The minimum absolute atomic E-state index is 0.518. The van der Waals surface area contributed by atoms with E-state index in [2.05, 4.69) is 47.0 Å². The van der Waals surface area contributed by atoms with Crippen LogP contribution in [0, 0.1) is 5.92 Å². The van der Waals surface area contributed by atoms with Crippen LogP contribution in [0.25, 0.3) is 11.0 Å². The summed E-state index contributed by atoms with van der Waals surface area (Å²) in [7, 11) is 0. The third-order valence-electron chi connectivity index (χ3n) is 3.74. The van der Waals surface area contributed by atoms with Gasteiger partial charge in [0.2, 0.25) is 0 Å². The first-order valence-electron chi connectivity index (χ1n) is 6.15. The van der Waals surface area contributed by atoms with Gasteiger partial charge in [-0.2, -0.15) is 0 Å². The molecule has 0 aliphatic carbocycles. The second-order valence-corrected chi connectivity index (χ2v) is 5.05. The Morgan fingerprint density at radius 2 is 2.18 bits per heavy atom. The molecule has 2 aromatic heterocycles. The number of aromatic amines is 1. The van der Waals surface area contributed by atoms with Crippen molar-refractivity contribution in [1.82, 2.24) is 9.97 Å². The van der Waals surface area contributed by atoms with Crippen LogP contribution in [0.4, 0.5) is 11.4 Å². The Kier molecular flexibility index (Phi) is 2.24. The van der Waals surface area contributed by atoms with Gasteiger partial charge in [-0.1, -0.05) is 13.8 Å². The number of pyridine rings is 1. The SMILES string of the molecule is CC(C)[C@H](C)N1CNc2cnc3[nH]ccc3c21. The van der Waals surface area contributed by atoms with E-state index in [1.165, 1.54) is 11.1 Å². The van der Waals surface area contributed by atoms with Crippen LogP contribution in [0.3, 0.4) is 0 Å². The lowest BCUT2D eigenvalue weighted by atomic mass is 10.0. The molecule has 0 bridgehead atoms. The Balaban J connectivity index is 2.13. The fourth-order valence-electron chi connectivity index (χ4n) is 2.39. The molecule has 1 atom stereocenters. The summed E-state index contributed by atoms with van der Waals surface area (Å²) < 4.78 is 0. The fourth-order valence-corrected chi connectivity index (χ4v) is 2.39. The van der Waals surface area contributed by atoms with Crippen LogP contribution >= 0.6 is 0 Å². The van der Waals surface area contributed by atoms with Gasteiger partial charge in [0, 0.05) is 17.6 Å². The Labute approximate surface area is 101 Å². The molecule has 4 nitrogen and oxygen atoms in total. The van der Waals surface area contributed by atoms with E-state index in [0.29, 0.717) is 12.0 Å². The molecule has 0 amide bonds. The lowest BCUT2D eigenvalue weighted by Gasteiger charge is -2.29. The maximum absolute atomic E-state index is 4.41. The maximum Gasteiger partial charge on any atom is 0.139 e. The molecule has 0 saturated heterocycles. The summed E-state index contributed by atoms with van der Waals surface area (Å²) in [5, 5.41) is 4.63. The van der Waals surface area contributed by atoms with Gasteiger partial charge >= 0.3 is 0 Å². The molecular formula is C13H18N4. The molecule has 0 spiro atoms. The minimum Gasteiger partial charge on any atom is -0.365 e. The number of nitrogens with zero attached hydrogens (tertiary/aromatic N) is 2. The molecule has 90 valence electrons. The molecule has 1 aliphatic heterocycles. The zero-order valence-electron chi connectivity index (χ0n) is 10.5. The Morgan fingerprint density at radius 1 is 1.35 bits per heavy atom. The summed E-state index contributed by atoms with van der Waals surface area (Å²) in [5.41, 5.74) is 3.40. The first kappa shape index (κ1) is 10.4. The zero-order valence-corrected chi connectivity index (χ0v) is 10.5. The van der Waals surface area contributed by atoms with E-state index in [0.717, 1.165) is 18.0 Å². The molecule has 0 unspecified atom stereocenters. The quantitative estimate of drug-likeness (QED) is 0.833. The van der Waals surface area contributed by atoms with Crippen LogP contribution in [-0.4, -0.2) is 22.7 Å². The monoisotopic (exact) mass is 230 g/mol. The van der Waals surface area contributed by atoms with Crippen LogP contribution in [0.15, 0.2) is 18.5 Å². The topological polar surface area (TPSA) is 44.0 Å². The summed E-state index contributed by atoms with van der Waals surface area (Å²) in [4.78, 5) is 10.0. The van der Waals surface area contributed by atoms with Gasteiger partial charge in [0.15, 0.2) is 0 Å². The van der Waals surface area contributed by atoms with Gasteiger partial charge in [-0.25, -0.2) is 4.98 Å². The molecule has 0 fully saturated rings. The first-order valence-corrected chi connectivity index (χ1v) is 6.15. The van der Waals surface area contributed by atoms with E-state index in [4.69, 9.17) is 0 Å². The molecular weight excluding hydrogens is 212 g/mol. The third-order valence-corrected chi connectivity index (χ3v) is 3.74. The molecule has 2 aromatic rings. The molecule has 4 heteroatoms. The van der Waals surface area contributed by atoms with Crippen molar-refractivity contribution in [3.8, 4) is 0 Å². The van der Waals surface area contributed by atoms with Gasteiger partial charge in [0.1, 0.15) is 5.65 Å². The minimum atomic E-state index is 0.518. The molecule has 3 heterocycles.